The van der Waals surface area contributed by atoms with Gasteiger partial charge in [0.2, 0.25) is 0 Å². The number of aromatic nitrogens is 2. The third-order valence-corrected chi connectivity index (χ3v) is 7.26. The number of amides is 1. The van der Waals surface area contributed by atoms with Gasteiger partial charge in [0.15, 0.2) is 5.16 Å². The Morgan fingerprint density at radius 1 is 1.11 bits per heavy atom. The SMILES string of the molecule is CCOC(=O)[C@H]1CCCN(C(=O)c2ccc(CSc3nc(CC)cc(N4CCOCC4)n3)cc2)C1. The van der Waals surface area contributed by atoms with E-state index < -0.39 is 0 Å². The van der Waals surface area contributed by atoms with Crippen molar-refractivity contribution in [3.8, 4) is 0 Å². The molecule has 2 aliphatic heterocycles. The van der Waals surface area contributed by atoms with Crippen LogP contribution in [0.4, 0.5) is 5.82 Å². The number of aryl methyl sites for hydroxylation is 1. The van der Waals surface area contributed by atoms with Crippen LogP contribution in [-0.4, -0.2) is 72.7 Å². The first-order valence-corrected chi connectivity index (χ1v) is 13.4. The molecule has 3 heterocycles. The van der Waals surface area contributed by atoms with Gasteiger partial charge in [-0.3, -0.25) is 9.59 Å². The molecule has 0 bridgehead atoms. The molecule has 1 amide bonds. The Balaban J connectivity index is 1.36. The Kier molecular flexibility index (Phi) is 8.98. The van der Waals surface area contributed by atoms with Gasteiger partial charge in [-0.25, -0.2) is 9.97 Å². The number of likely N-dealkylation sites (tertiary alicyclic amines) is 1. The van der Waals surface area contributed by atoms with Crippen LogP contribution in [-0.2, 0) is 26.4 Å². The van der Waals surface area contributed by atoms with Gasteiger partial charge >= 0.3 is 5.97 Å². The van der Waals surface area contributed by atoms with Crippen LogP contribution in [0.15, 0.2) is 35.5 Å². The maximum absolute atomic E-state index is 13.0. The number of esters is 1. The summed E-state index contributed by atoms with van der Waals surface area (Å²) < 4.78 is 10.6. The minimum Gasteiger partial charge on any atom is -0.466 e. The maximum Gasteiger partial charge on any atom is 0.310 e. The van der Waals surface area contributed by atoms with Crippen molar-refractivity contribution in [2.24, 2.45) is 5.92 Å². The van der Waals surface area contributed by atoms with Gasteiger partial charge < -0.3 is 19.3 Å². The zero-order valence-corrected chi connectivity index (χ0v) is 21.4. The molecule has 0 radical (unpaired) electrons. The van der Waals surface area contributed by atoms with Gasteiger partial charge in [0.05, 0.1) is 25.7 Å². The van der Waals surface area contributed by atoms with Crippen LogP contribution in [0, 0.1) is 5.92 Å². The number of hydrogen-bond donors (Lipinski definition) is 0. The smallest absolute Gasteiger partial charge is 0.310 e. The zero-order valence-electron chi connectivity index (χ0n) is 20.6. The summed E-state index contributed by atoms with van der Waals surface area (Å²) in [6, 6.07) is 9.78. The maximum atomic E-state index is 13.0. The van der Waals surface area contributed by atoms with E-state index >= 15 is 0 Å². The molecule has 8 nitrogen and oxygen atoms in total. The number of ether oxygens (including phenoxy) is 2. The topological polar surface area (TPSA) is 84.9 Å². The molecule has 0 spiro atoms. The van der Waals surface area contributed by atoms with Gasteiger partial charge in [-0.15, -0.1) is 0 Å². The van der Waals surface area contributed by atoms with Gasteiger partial charge in [-0.05, 0) is 43.9 Å². The molecule has 2 fully saturated rings. The van der Waals surface area contributed by atoms with Crippen molar-refractivity contribution >= 4 is 29.5 Å². The van der Waals surface area contributed by atoms with Crippen molar-refractivity contribution in [3.63, 3.8) is 0 Å². The largest absolute Gasteiger partial charge is 0.466 e. The molecule has 0 N–H and O–H groups in total. The Bertz CT molecular complexity index is 1010. The number of carbonyl (C=O) groups excluding carboxylic acids is 2. The molecule has 1 aromatic carbocycles. The normalized spacial score (nSPS) is 18.4. The number of morpholine rings is 1. The zero-order chi connectivity index (χ0) is 24.6. The highest BCUT2D eigenvalue weighted by Crippen LogP contribution is 2.25. The number of thioether (sulfide) groups is 1. The second-order valence-corrected chi connectivity index (χ2v) is 9.72. The number of rotatable bonds is 8. The molecule has 2 aliphatic rings. The molecule has 9 heteroatoms. The monoisotopic (exact) mass is 498 g/mol. The number of hydrogen-bond acceptors (Lipinski definition) is 8. The lowest BCUT2D eigenvalue weighted by Crippen LogP contribution is -2.42. The molecule has 4 rings (SSSR count). The van der Waals surface area contributed by atoms with E-state index in [0.29, 0.717) is 25.3 Å². The number of nitrogens with zero attached hydrogens (tertiary/aromatic N) is 4. The average molecular weight is 499 g/mol. The van der Waals surface area contributed by atoms with E-state index in [1.807, 2.05) is 24.3 Å². The first-order chi connectivity index (χ1) is 17.1. The summed E-state index contributed by atoms with van der Waals surface area (Å²) in [5.41, 5.74) is 2.78. The van der Waals surface area contributed by atoms with Crippen LogP contribution in [0.2, 0.25) is 0 Å². The summed E-state index contributed by atoms with van der Waals surface area (Å²) in [5, 5.41) is 0.768. The fraction of sp³-hybridized carbons (Fsp3) is 0.538. The number of piperidine rings is 1. The van der Waals surface area contributed by atoms with Gasteiger partial charge in [-0.1, -0.05) is 30.8 Å². The Labute approximate surface area is 211 Å². The predicted molar refractivity (Wildman–Crippen MR) is 136 cm³/mol. The van der Waals surface area contributed by atoms with Gasteiger partial charge in [0.1, 0.15) is 5.82 Å². The van der Waals surface area contributed by atoms with E-state index in [1.54, 1.807) is 23.6 Å². The highest BCUT2D eigenvalue weighted by molar-refractivity contribution is 7.98. The van der Waals surface area contributed by atoms with E-state index in [4.69, 9.17) is 19.4 Å². The molecule has 1 aromatic heterocycles. The summed E-state index contributed by atoms with van der Waals surface area (Å²) in [6.07, 6.45) is 2.44. The van der Waals surface area contributed by atoms with Crippen LogP contribution in [0.5, 0.6) is 0 Å². The van der Waals surface area contributed by atoms with E-state index in [-0.39, 0.29) is 17.8 Å². The Morgan fingerprint density at radius 2 is 1.89 bits per heavy atom. The summed E-state index contributed by atoms with van der Waals surface area (Å²) in [5.74, 6) is 1.21. The van der Waals surface area contributed by atoms with E-state index in [1.165, 1.54) is 0 Å². The van der Waals surface area contributed by atoms with Crippen LogP contribution < -0.4 is 4.90 Å². The second kappa shape index (κ2) is 12.4. The highest BCUT2D eigenvalue weighted by Gasteiger charge is 2.29. The lowest BCUT2D eigenvalue weighted by Gasteiger charge is -2.31. The minimum absolute atomic E-state index is 0.0349. The second-order valence-electron chi connectivity index (χ2n) is 8.78. The fourth-order valence-corrected chi connectivity index (χ4v) is 5.18. The minimum atomic E-state index is -0.232. The molecular weight excluding hydrogens is 464 g/mol. The van der Waals surface area contributed by atoms with E-state index in [9.17, 15) is 9.59 Å². The third kappa shape index (κ3) is 6.73. The quantitative estimate of drug-likeness (QED) is 0.310. The fourth-order valence-electron chi connectivity index (χ4n) is 4.35. The van der Waals surface area contributed by atoms with Crippen molar-refractivity contribution in [1.29, 1.82) is 0 Å². The van der Waals surface area contributed by atoms with Crippen molar-refractivity contribution in [1.82, 2.24) is 14.9 Å². The third-order valence-electron chi connectivity index (χ3n) is 6.34. The van der Waals surface area contributed by atoms with Gasteiger partial charge in [0, 0.05) is 49.3 Å². The van der Waals surface area contributed by atoms with Crippen molar-refractivity contribution in [2.75, 3.05) is 50.9 Å². The number of carbonyl (C=O) groups is 2. The van der Waals surface area contributed by atoms with Crippen LogP contribution in [0.25, 0.3) is 0 Å². The molecule has 1 atom stereocenters. The molecule has 35 heavy (non-hydrogen) atoms. The van der Waals surface area contributed by atoms with Crippen molar-refractivity contribution in [3.05, 3.63) is 47.2 Å². The van der Waals surface area contributed by atoms with Gasteiger partial charge in [0.25, 0.3) is 5.91 Å². The summed E-state index contributed by atoms with van der Waals surface area (Å²) in [6.45, 7) is 8.50. The van der Waals surface area contributed by atoms with E-state index in [2.05, 4.69) is 17.9 Å². The number of benzene rings is 1. The lowest BCUT2D eigenvalue weighted by molar-refractivity contribution is -0.149. The summed E-state index contributed by atoms with van der Waals surface area (Å²) >= 11 is 1.60. The molecule has 2 aromatic rings. The predicted octanol–water partition coefficient (Wildman–Crippen LogP) is 3.58. The van der Waals surface area contributed by atoms with E-state index in [0.717, 1.165) is 73.6 Å². The molecule has 0 saturated carbocycles. The molecular formula is C26H34N4O4S. The standard InChI is InChI=1S/C26H34N4O4S/c1-3-22-16-23(29-12-14-33-15-13-29)28-26(27-22)35-18-19-7-9-20(10-8-19)24(31)30-11-5-6-21(17-30)25(32)34-4-2/h7-10,16,21H,3-6,11-15,17-18H2,1-2H3/t21-/m0/s1. The molecule has 2 saturated heterocycles. The Morgan fingerprint density at radius 3 is 2.60 bits per heavy atom. The highest BCUT2D eigenvalue weighted by atomic mass is 32.2. The van der Waals surface area contributed by atoms with Gasteiger partial charge in [-0.2, -0.15) is 0 Å². The van der Waals surface area contributed by atoms with Crippen molar-refractivity contribution < 1.29 is 19.1 Å². The first kappa shape index (κ1) is 25.4. The summed E-state index contributed by atoms with van der Waals surface area (Å²) in [7, 11) is 0. The van der Waals surface area contributed by atoms with Crippen LogP contribution >= 0.6 is 11.8 Å². The molecule has 188 valence electrons. The average Bonchev–Trinajstić information content (AvgIpc) is 2.92. The molecule has 0 unspecified atom stereocenters. The van der Waals surface area contributed by atoms with Crippen LogP contribution in [0.3, 0.4) is 0 Å². The van der Waals surface area contributed by atoms with Crippen molar-refractivity contribution in [2.45, 2.75) is 44.0 Å². The lowest BCUT2D eigenvalue weighted by atomic mass is 9.97. The summed E-state index contributed by atoms with van der Waals surface area (Å²) in [4.78, 5) is 38.6. The first-order valence-electron chi connectivity index (χ1n) is 12.5. The molecule has 0 aliphatic carbocycles. The Hall–Kier alpha value is -2.65. The number of anilines is 1. The van der Waals surface area contributed by atoms with Crippen LogP contribution in [0.1, 0.15) is 48.3 Å².